The summed E-state index contributed by atoms with van der Waals surface area (Å²) in [4.78, 5) is 0. The molecule has 0 saturated heterocycles. The molecule has 1 rings (SSSR count). The fourth-order valence-electron chi connectivity index (χ4n) is 2.49. The Morgan fingerprint density at radius 1 is 1.10 bits per heavy atom. The third-order valence-corrected chi connectivity index (χ3v) is 3.89. The SMILES string of the molecule is COCCCCC(CNCC(C)C)Cc1ccc(Cl)cc1. The Hall–Kier alpha value is -0.570. The smallest absolute Gasteiger partial charge is 0.0462 e. The summed E-state index contributed by atoms with van der Waals surface area (Å²) in [5, 5.41) is 4.41. The number of methoxy groups -OCH3 is 1. The largest absolute Gasteiger partial charge is 0.385 e. The summed E-state index contributed by atoms with van der Waals surface area (Å²) in [5.74, 6) is 1.39. The topological polar surface area (TPSA) is 21.3 Å². The lowest BCUT2D eigenvalue weighted by Gasteiger charge is -2.19. The monoisotopic (exact) mass is 311 g/mol. The van der Waals surface area contributed by atoms with Crippen molar-refractivity contribution in [2.45, 2.75) is 39.5 Å². The van der Waals surface area contributed by atoms with Crippen molar-refractivity contribution >= 4 is 11.6 Å². The van der Waals surface area contributed by atoms with E-state index in [0.29, 0.717) is 11.8 Å². The predicted octanol–water partition coefficient (Wildman–Crippen LogP) is 4.56. The van der Waals surface area contributed by atoms with Crippen molar-refractivity contribution < 1.29 is 4.74 Å². The van der Waals surface area contributed by atoms with Gasteiger partial charge in [0, 0.05) is 18.7 Å². The maximum absolute atomic E-state index is 5.96. The van der Waals surface area contributed by atoms with Gasteiger partial charge in [-0.2, -0.15) is 0 Å². The van der Waals surface area contributed by atoms with Gasteiger partial charge in [0.15, 0.2) is 0 Å². The minimum Gasteiger partial charge on any atom is -0.385 e. The third kappa shape index (κ3) is 9.13. The molecule has 0 aliphatic heterocycles. The average Bonchev–Trinajstić information content (AvgIpc) is 2.45. The van der Waals surface area contributed by atoms with E-state index in [4.69, 9.17) is 16.3 Å². The molecular formula is C18H30ClNO. The minimum absolute atomic E-state index is 0.682. The second kappa shape index (κ2) is 11.1. The Kier molecular flexibility index (Phi) is 9.73. The van der Waals surface area contributed by atoms with Crippen LogP contribution in [0.3, 0.4) is 0 Å². The van der Waals surface area contributed by atoms with Gasteiger partial charge in [0.25, 0.3) is 0 Å². The van der Waals surface area contributed by atoms with Crippen molar-refractivity contribution in [1.29, 1.82) is 0 Å². The van der Waals surface area contributed by atoms with E-state index in [1.54, 1.807) is 7.11 Å². The maximum atomic E-state index is 5.96. The molecule has 0 radical (unpaired) electrons. The van der Waals surface area contributed by atoms with E-state index in [-0.39, 0.29) is 0 Å². The van der Waals surface area contributed by atoms with Gasteiger partial charge in [0.2, 0.25) is 0 Å². The number of hydrogen-bond donors (Lipinski definition) is 1. The number of rotatable bonds is 11. The highest BCUT2D eigenvalue weighted by molar-refractivity contribution is 6.30. The van der Waals surface area contributed by atoms with Gasteiger partial charge in [-0.05, 0) is 61.9 Å². The van der Waals surface area contributed by atoms with Crippen LogP contribution in [0.25, 0.3) is 0 Å². The first-order chi connectivity index (χ1) is 10.1. The van der Waals surface area contributed by atoms with Gasteiger partial charge >= 0.3 is 0 Å². The molecule has 0 bridgehead atoms. The Morgan fingerprint density at radius 2 is 1.81 bits per heavy atom. The van der Waals surface area contributed by atoms with Gasteiger partial charge in [-0.25, -0.2) is 0 Å². The van der Waals surface area contributed by atoms with Crippen LogP contribution in [0.4, 0.5) is 0 Å². The molecule has 1 aromatic carbocycles. The Balaban J connectivity index is 2.43. The Labute approximate surface area is 135 Å². The zero-order valence-corrected chi connectivity index (χ0v) is 14.5. The summed E-state index contributed by atoms with van der Waals surface area (Å²) in [7, 11) is 1.77. The number of halogens is 1. The van der Waals surface area contributed by atoms with E-state index >= 15 is 0 Å². The second-order valence-electron chi connectivity index (χ2n) is 6.24. The van der Waals surface area contributed by atoms with Crippen molar-refractivity contribution in [2.24, 2.45) is 11.8 Å². The molecule has 1 aromatic rings. The molecule has 0 amide bonds. The zero-order chi connectivity index (χ0) is 15.5. The van der Waals surface area contributed by atoms with Crippen molar-refractivity contribution in [3.63, 3.8) is 0 Å². The van der Waals surface area contributed by atoms with E-state index < -0.39 is 0 Å². The first-order valence-electron chi connectivity index (χ1n) is 8.06. The van der Waals surface area contributed by atoms with Gasteiger partial charge in [-0.3, -0.25) is 0 Å². The third-order valence-electron chi connectivity index (χ3n) is 3.63. The molecule has 0 spiro atoms. The quantitative estimate of drug-likeness (QED) is 0.605. The number of unbranched alkanes of at least 4 members (excludes halogenated alkanes) is 1. The first kappa shape index (κ1) is 18.5. The van der Waals surface area contributed by atoms with E-state index in [0.717, 1.165) is 37.6 Å². The van der Waals surface area contributed by atoms with Crippen molar-refractivity contribution in [2.75, 3.05) is 26.8 Å². The number of nitrogens with one attached hydrogen (secondary N) is 1. The van der Waals surface area contributed by atoms with E-state index in [2.05, 4.69) is 31.3 Å². The molecule has 3 heteroatoms. The van der Waals surface area contributed by atoms with Crippen molar-refractivity contribution in [3.8, 4) is 0 Å². The van der Waals surface area contributed by atoms with Crippen LogP contribution in [-0.4, -0.2) is 26.8 Å². The average molecular weight is 312 g/mol. The molecular weight excluding hydrogens is 282 g/mol. The molecule has 0 aliphatic rings. The van der Waals surface area contributed by atoms with Crippen LogP contribution < -0.4 is 5.32 Å². The van der Waals surface area contributed by atoms with E-state index in [1.807, 2.05) is 12.1 Å². The van der Waals surface area contributed by atoms with Gasteiger partial charge in [0.05, 0.1) is 0 Å². The highest BCUT2D eigenvalue weighted by atomic mass is 35.5. The summed E-state index contributed by atoms with van der Waals surface area (Å²) in [5.41, 5.74) is 1.38. The fourth-order valence-corrected chi connectivity index (χ4v) is 2.61. The van der Waals surface area contributed by atoms with Crippen LogP contribution in [0.15, 0.2) is 24.3 Å². The lowest BCUT2D eigenvalue weighted by molar-refractivity contribution is 0.190. The summed E-state index contributed by atoms with van der Waals surface area (Å²) in [6.07, 6.45) is 4.75. The zero-order valence-electron chi connectivity index (χ0n) is 13.7. The standard InChI is InChI=1S/C18H30ClNO/c1-15(2)13-20-14-17(6-4-5-11-21-3)12-16-7-9-18(19)10-8-16/h7-10,15,17,20H,4-6,11-14H2,1-3H3. The Morgan fingerprint density at radius 3 is 2.43 bits per heavy atom. The van der Waals surface area contributed by atoms with Crippen molar-refractivity contribution in [1.82, 2.24) is 5.32 Å². The van der Waals surface area contributed by atoms with Crippen LogP contribution in [0.2, 0.25) is 5.02 Å². The lowest BCUT2D eigenvalue weighted by atomic mass is 9.94. The Bertz CT molecular complexity index is 364. The normalized spacial score (nSPS) is 12.8. The highest BCUT2D eigenvalue weighted by Gasteiger charge is 2.10. The molecule has 120 valence electrons. The van der Waals surface area contributed by atoms with Gasteiger partial charge < -0.3 is 10.1 Å². The number of hydrogen-bond acceptors (Lipinski definition) is 2. The summed E-state index contributed by atoms with van der Waals surface area (Å²) >= 11 is 5.96. The first-order valence-corrected chi connectivity index (χ1v) is 8.43. The molecule has 0 saturated carbocycles. The van der Waals surface area contributed by atoms with E-state index in [1.165, 1.54) is 18.4 Å². The molecule has 1 N–H and O–H groups in total. The van der Waals surface area contributed by atoms with Gasteiger partial charge in [0.1, 0.15) is 0 Å². The maximum Gasteiger partial charge on any atom is 0.0462 e. The van der Waals surface area contributed by atoms with Crippen LogP contribution in [0.1, 0.15) is 38.7 Å². The molecule has 21 heavy (non-hydrogen) atoms. The van der Waals surface area contributed by atoms with Crippen LogP contribution in [0.5, 0.6) is 0 Å². The van der Waals surface area contributed by atoms with Crippen LogP contribution in [0, 0.1) is 11.8 Å². The minimum atomic E-state index is 0.682. The second-order valence-corrected chi connectivity index (χ2v) is 6.67. The van der Waals surface area contributed by atoms with Crippen molar-refractivity contribution in [3.05, 3.63) is 34.9 Å². The molecule has 0 fully saturated rings. The van der Waals surface area contributed by atoms with Gasteiger partial charge in [-0.15, -0.1) is 0 Å². The summed E-state index contributed by atoms with van der Waals surface area (Å²) in [6.45, 7) is 7.55. The predicted molar refractivity (Wildman–Crippen MR) is 92.1 cm³/mol. The van der Waals surface area contributed by atoms with E-state index in [9.17, 15) is 0 Å². The van der Waals surface area contributed by atoms with Crippen LogP contribution >= 0.6 is 11.6 Å². The number of benzene rings is 1. The fraction of sp³-hybridized carbons (Fsp3) is 0.667. The molecule has 0 aromatic heterocycles. The lowest BCUT2D eigenvalue weighted by Crippen LogP contribution is -2.27. The molecule has 0 heterocycles. The molecule has 1 atom stereocenters. The number of ether oxygens (including phenoxy) is 1. The highest BCUT2D eigenvalue weighted by Crippen LogP contribution is 2.17. The summed E-state index contributed by atoms with van der Waals surface area (Å²) < 4.78 is 5.14. The van der Waals surface area contributed by atoms with Gasteiger partial charge in [-0.1, -0.05) is 44.0 Å². The summed E-state index contributed by atoms with van der Waals surface area (Å²) in [6, 6.07) is 8.26. The molecule has 0 aliphatic carbocycles. The molecule has 1 unspecified atom stereocenters. The van der Waals surface area contributed by atoms with Crippen LogP contribution in [-0.2, 0) is 11.2 Å². The molecule has 2 nitrogen and oxygen atoms in total.